The SMILES string of the molecule is CNC(C)C(=O)Nc1ccc(-c2cncnc2)c(C#Cc2cc(F)cc(Cl)c2)n1. The molecule has 2 heterocycles. The maximum atomic E-state index is 13.6. The number of aromatic nitrogens is 3. The van der Waals surface area contributed by atoms with Gasteiger partial charge in [-0.2, -0.15) is 0 Å². The minimum Gasteiger partial charge on any atom is -0.309 e. The van der Waals surface area contributed by atoms with Crippen molar-refractivity contribution in [3.05, 3.63) is 71.2 Å². The monoisotopic (exact) mass is 409 g/mol. The lowest BCUT2D eigenvalue weighted by Crippen LogP contribution is -2.35. The van der Waals surface area contributed by atoms with Gasteiger partial charge in [-0.15, -0.1) is 0 Å². The van der Waals surface area contributed by atoms with Crippen molar-refractivity contribution in [2.24, 2.45) is 0 Å². The summed E-state index contributed by atoms with van der Waals surface area (Å²) < 4.78 is 13.6. The van der Waals surface area contributed by atoms with E-state index in [9.17, 15) is 9.18 Å². The quantitative estimate of drug-likeness (QED) is 0.646. The molecule has 1 unspecified atom stereocenters. The third kappa shape index (κ3) is 5.35. The molecule has 29 heavy (non-hydrogen) atoms. The van der Waals surface area contributed by atoms with Crippen molar-refractivity contribution >= 4 is 23.3 Å². The van der Waals surface area contributed by atoms with Gasteiger partial charge < -0.3 is 10.6 Å². The Hall–Kier alpha value is -3.34. The summed E-state index contributed by atoms with van der Waals surface area (Å²) in [6.07, 6.45) is 4.69. The van der Waals surface area contributed by atoms with Crippen molar-refractivity contribution in [3.63, 3.8) is 0 Å². The van der Waals surface area contributed by atoms with Gasteiger partial charge >= 0.3 is 0 Å². The molecule has 3 rings (SSSR count). The molecule has 0 aliphatic rings. The topological polar surface area (TPSA) is 79.8 Å². The fourth-order valence-electron chi connectivity index (χ4n) is 2.42. The van der Waals surface area contributed by atoms with E-state index in [1.54, 1.807) is 44.6 Å². The van der Waals surface area contributed by atoms with Crippen molar-refractivity contribution in [1.82, 2.24) is 20.3 Å². The molecule has 2 N–H and O–H groups in total. The van der Waals surface area contributed by atoms with Crippen LogP contribution in [0.4, 0.5) is 10.2 Å². The first-order valence-electron chi connectivity index (χ1n) is 8.69. The number of benzene rings is 1. The summed E-state index contributed by atoms with van der Waals surface area (Å²) in [5, 5.41) is 5.85. The minimum absolute atomic E-state index is 0.230. The maximum absolute atomic E-state index is 13.6. The van der Waals surface area contributed by atoms with Crippen molar-refractivity contribution in [2.75, 3.05) is 12.4 Å². The molecule has 0 bridgehead atoms. The second-order valence-corrected chi connectivity index (χ2v) is 6.56. The van der Waals surface area contributed by atoms with Gasteiger partial charge in [0.25, 0.3) is 0 Å². The first-order chi connectivity index (χ1) is 14.0. The molecule has 1 aromatic carbocycles. The molecule has 6 nitrogen and oxygen atoms in total. The van der Waals surface area contributed by atoms with E-state index in [2.05, 4.69) is 37.4 Å². The van der Waals surface area contributed by atoms with Gasteiger partial charge in [0.1, 0.15) is 23.7 Å². The van der Waals surface area contributed by atoms with Crippen LogP contribution in [0.3, 0.4) is 0 Å². The van der Waals surface area contributed by atoms with E-state index in [-0.39, 0.29) is 17.0 Å². The van der Waals surface area contributed by atoms with Crippen molar-refractivity contribution < 1.29 is 9.18 Å². The fourth-order valence-corrected chi connectivity index (χ4v) is 2.64. The highest BCUT2D eigenvalue weighted by Gasteiger charge is 2.13. The zero-order chi connectivity index (χ0) is 20.8. The summed E-state index contributed by atoms with van der Waals surface area (Å²) in [7, 11) is 1.69. The van der Waals surface area contributed by atoms with Crippen LogP contribution in [0.1, 0.15) is 18.2 Å². The summed E-state index contributed by atoms with van der Waals surface area (Å²) in [5.74, 6) is 5.43. The van der Waals surface area contributed by atoms with Gasteiger partial charge in [0.05, 0.1) is 6.04 Å². The summed E-state index contributed by atoms with van der Waals surface area (Å²) in [6, 6.07) is 7.11. The second-order valence-electron chi connectivity index (χ2n) is 6.13. The van der Waals surface area contributed by atoms with Crippen LogP contribution in [0.25, 0.3) is 11.1 Å². The maximum Gasteiger partial charge on any atom is 0.242 e. The number of hydrogen-bond acceptors (Lipinski definition) is 5. The zero-order valence-electron chi connectivity index (χ0n) is 15.7. The smallest absolute Gasteiger partial charge is 0.242 e. The third-order valence-electron chi connectivity index (χ3n) is 4.03. The normalized spacial score (nSPS) is 11.3. The lowest BCUT2D eigenvalue weighted by atomic mass is 10.1. The molecule has 2 aromatic heterocycles. The number of halogens is 2. The molecule has 0 fully saturated rings. The van der Waals surface area contributed by atoms with Gasteiger partial charge in [-0.25, -0.2) is 19.3 Å². The summed E-state index contributed by atoms with van der Waals surface area (Å²) >= 11 is 5.89. The molecular weight excluding hydrogens is 393 g/mol. The van der Waals surface area contributed by atoms with E-state index >= 15 is 0 Å². The first kappa shape index (κ1) is 20.4. The van der Waals surface area contributed by atoms with Crippen LogP contribution >= 0.6 is 11.6 Å². The van der Waals surface area contributed by atoms with Crippen molar-refractivity contribution in [3.8, 4) is 23.0 Å². The molecule has 1 atom stereocenters. The van der Waals surface area contributed by atoms with Crippen LogP contribution in [0.5, 0.6) is 0 Å². The molecule has 0 aliphatic carbocycles. The molecule has 0 radical (unpaired) electrons. The Morgan fingerprint density at radius 2 is 1.93 bits per heavy atom. The number of rotatable bonds is 4. The van der Waals surface area contributed by atoms with E-state index in [0.717, 1.165) is 0 Å². The van der Waals surface area contributed by atoms with E-state index in [1.807, 2.05) is 0 Å². The average molecular weight is 410 g/mol. The highest BCUT2D eigenvalue weighted by Crippen LogP contribution is 2.23. The van der Waals surface area contributed by atoms with E-state index in [4.69, 9.17) is 11.6 Å². The van der Waals surface area contributed by atoms with Crippen molar-refractivity contribution in [2.45, 2.75) is 13.0 Å². The van der Waals surface area contributed by atoms with Gasteiger partial charge in [-0.05, 0) is 50.2 Å². The number of nitrogens with one attached hydrogen (secondary N) is 2. The largest absolute Gasteiger partial charge is 0.309 e. The Kier molecular flexibility index (Phi) is 6.50. The fraction of sp³-hybridized carbons (Fsp3) is 0.143. The molecule has 0 saturated carbocycles. The molecule has 0 saturated heterocycles. The summed E-state index contributed by atoms with van der Waals surface area (Å²) in [6.45, 7) is 1.74. The predicted molar refractivity (Wildman–Crippen MR) is 110 cm³/mol. The second kappa shape index (κ2) is 9.24. The molecule has 8 heteroatoms. The van der Waals surface area contributed by atoms with Crippen LogP contribution in [-0.2, 0) is 4.79 Å². The van der Waals surface area contributed by atoms with Crippen LogP contribution in [-0.4, -0.2) is 33.9 Å². The van der Waals surface area contributed by atoms with Gasteiger partial charge in [0, 0.05) is 34.1 Å². The van der Waals surface area contributed by atoms with E-state index < -0.39 is 5.82 Å². The lowest BCUT2D eigenvalue weighted by Gasteiger charge is -2.12. The lowest BCUT2D eigenvalue weighted by molar-refractivity contribution is -0.117. The van der Waals surface area contributed by atoms with Crippen LogP contribution < -0.4 is 10.6 Å². The molecule has 0 spiro atoms. The van der Waals surface area contributed by atoms with Crippen LogP contribution in [0, 0.1) is 17.7 Å². The van der Waals surface area contributed by atoms with E-state index in [1.165, 1.54) is 18.5 Å². The molecule has 146 valence electrons. The van der Waals surface area contributed by atoms with E-state index in [0.29, 0.717) is 28.2 Å². The highest BCUT2D eigenvalue weighted by atomic mass is 35.5. The van der Waals surface area contributed by atoms with Gasteiger partial charge in [0.2, 0.25) is 5.91 Å². The van der Waals surface area contributed by atoms with Crippen molar-refractivity contribution in [1.29, 1.82) is 0 Å². The summed E-state index contributed by atoms with van der Waals surface area (Å²) in [4.78, 5) is 24.6. The molecule has 1 amide bonds. The number of pyridine rings is 1. The van der Waals surface area contributed by atoms with Crippen LogP contribution in [0.15, 0.2) is 49.1 Å². The Bertz CT molecular complexity index is 1070. The number of nitrogens with zero attached hydrogens (tertiary/aromatic N) is 3. The Labute approximate surface area is 172 Å². The number of anilines is 1. The molecular formula is C21H17ClFN5O. The number of hydrogen-bond donors (Lipinski definition) is 2. The first-order valence-corrected chi connectivity index (χ1v) is 9.06. The standard InChI is InChI=1S/C21H17ClFN5O/c1-13(24-2)21(29)28-20-6-4-18(15-10-25-12-26-11-15)19(27-20)5-3-14-7-16(22)9-17(23)8-14/h4,6-13,24H,1-2H3,(H,27,28,29). The van der Waals surface area contributed by atoms with Gasteiger partial charge in [0.15, 0.2) is 0 Å². The third-order valence-corrected chi connectivity index (χ3v) is 4.25. The number of carbonyl (C=O) groups is 1. The highest BCUT2D eigenvalue weighted by molar-refractivity contribution is 6.30. The number of carbonyl (C=O) groups excluding carboxylic acids is 1. The Balaban J connectivity index is 2.03. The van der Waals surface area contributed by atoms with Gasteiger partial charge in [-0.1, -0.05) is 17.5 Å². The number of likely N-dealkylation sites (N-methyl/N-ethyl adjacent to an activating group) is 1. The van der Waals surface area contributed by atoms with Crippen LogP contribution in [0.2, 0.25) is 5.02 Å². The minimum atomic E-state index is -0.478. The average Bonchev–Trinajstić information content (AvgIpc) is 2.71. The predicted octanol–water partition coefficient (Wildman–Crippen LogP) is 3.28. The Morgan fingerprint density at radius 3 is 2.62 bits per heavy atom. The summed E-state index contributed by atoms with van der Waals surface area (Å²) in [5.41, 5.74) is 2.18. The Morgan fingerprint density at radius 1 is 1.17 bits per heavy atom. The molecule has 3 aromatic rings. The molecule has 0 aliphatic heterocycles. The zero-order valence-corrected chi connectivity index (χ0v) is 16.5. The van der Waals surface area contributed by atoms with Gasteiger partial charge in [-0.3, -0.25) is 4.79 Å². The number of amides is 1.